The maximum Gasteiger partial charge on any atom is 0.226 e. The van der Waals surface area contributed by atoms with Crippen LogP contribution in [-0.4, -0.2) is 54.4 Å². The topological polar surface area (TPSA) is 74.3 Å². The molecule has 1 aromatic heterocycles. The third-order valence-electron chi connectivity index (χ3n) is 5.43. The number of likely N-dealkylation sites (tertiary alicyclic amines) is 1. The molecule has 1 aromatic rings. The first-order valence-corrected chi connectivity index (χ1v) is 10.6. The van der Waals surface area contributed by atoms with Crippen molar-refractivity contribution in [2.24, 2.45) is 11.8 Å². The maximum absolute atomic E-state index is 12.6. The smallest absolute Gasteiger partial charge is 0.226 e. The second-order valence-electron chi connectivity index (χ2n) is 7.46. The molecule has 2 atom stereocenters. The lowest BCUT2D eigenvalue weighted by Gasteiger charge is -2.31. The lowest BCUT2D eigenvalue weighted by atomic mass is 9.89. The molecule has 3 heterocycles. The number of carbonyl (C=O) groups excluding carboxylic acids is 2. The summed E-state index contributed by atoms with van der Waals surface area (Å²) in [6.45, 7) is 7.91. The first-order valence-electron chi connectivity index (χ1n) is 9.74. The Morgan fingerprint density at radius 3 is 2.65 bits per heavy atom. The van der Waals surface area contributed by atoms with Crippen molar-refractivity contribution >= 4 is 23.2 Å². The molecule has 0 radical (unpaired) electrons. The van der Waals surface area contributed by atoms with Gasteiger partial charge in [-0.3, -0.25) is 9.59 Å². The van der Waals surface area contributed by atoms with E-state index in [1.807, 2.05) is 11.8 Å². The highest BCUT2D eigenvalue weighted by Gasteiger charge is 2.33. The summed E-state index contributed by atoms with van der Waals surface area (Å²) in [6.07, 6.45) is 4.67. The molecule has 7 heteroatoms. The van der Waals surface area contributed by atoms with Gasteiger partial charge in [-0.05, 0) is 39.5 Å². The first kappa shape index (κ1) is 19.3. The molecule has 0 bridgehead atoms. The zero-order valence-corrected chi connectivity index (χ0v) is 16.7. The van der Waals surface area contributed by atoms with Crippen LogP contribution in [0.1, 0.15) is 41.3 Å². The van der Waals surface area contributed by atoms with Gasteiger partial charge in [0.05, 0.1) is 22.5 Å². The highest BCUT2D eigenvalue weighted by Crippen LogP contribution is 2.21. The van der Waals surface area contributed by atoms with E-state index in [1.165, 1.54) is 4.88 Å². The number of nitrogens with one attached hydrogen (secondary N) is 2. The molecule has 0 aromatic carbocycles. The molecule has 6 nitrogen and oxygen atoms in total. The zero-order valence-electron chi connectivity index (χ0n) is 15.8. The molecule has 2 fully saturated rings. The Bertz CT molecular complexity index is 620. The number of hydrogen-bond acceptors (Lipinski definition) is 5. The van der Waals surface area contributed by atoms with Crippen LogP contribution in [0.3, 0.4) is 0 Å². The van der Waals surface area contributed by atoms with Crippen LogP contribution in [0.25, 0.3) is 0 Å². The average Bonchev–Trinajstić information content (AvgIpc) is 3.28. The van der Waals surface area contributed by atoms with E-state index in [0.29, 0.717) is 26.1 Å². The fourth-order valence-corrected chi connectivity index (χ4v) is 4.74. The highest BCUT2D eigenvalue weighted by atomic mass is 32.1. The number of carbonyl (C=O) groups is 2. The number of aromatic nitrogens is 1. The molecule has 2 N–H and O–H groups in total. The summed E-state index contributed by atoms with van der Waals surface area (Å²) in [7, 11) is 0. The number of nitrogens with zero attached hydrogens (tertiary/aromatic N) is 2. The highest BCUT2D eigenvalue weighted by molar-refractivity contribution is 7.11. The molecular weight excluding hydrogens is 348 g/mol. The van der Waals surface area contributed by atoms with Gasteiger partial charge in [-0.25, -0.2) is 4.98 Å². The van der Waals surface area contributed by atoms with Gasteiger partial charge in [-0.2, -0.15) is 0 Å². The van der Waals surface area contributed by atoms with E-state index in [-0.39, 0.29) is 23.7 Å². The number of rotatable bonds is 6. The van der Waals surface area contributed by atoms with Crippen LogP contribution in [0.15, 0.2) is 0 Å². The summed E-state index contributed by atoms with van der Waals surface area (Å²) in [5.74, 6) is 0.133. The predicted octanol–water partition coefficient (Wildman–Crippen LogP) is 1.66. The van der Waals surface area contributed by atoms with Crippen molar-refractivity contribution in [1.82, 2.24) is 20.5 Å². The third-order valence-corrected chi connectivity index (χ3v) is 6.56. The Labute approximate surface area is 159 Å². The SMILES string of the molecule is Cc1nc(CCCNC(=O)C2CNCC(C(=O)N3CCCC3)C2)sc1C. The van der Waals surface area contributed by atoms with Gasteiger partial charge in [0.15, 0.2) is 0 Å². The van der Waals surface area contributed by atoms with Crippen molar-refractivity contribution < 1.29 is 9.59 Å². The summed E-state index contributed by atoms with van der Waals surface area (Å²) in [4.78, 5) is 32.8. The Morgan fingerprint density at radius 2 is 1.96 bits per heavy atom. The summed E-state index contributed by atoms with van der Waals surface area (Å²) >= 11 is 1.74. The number of thiazole rings is 1. The van der Waals surface area contributed by atoms with Gasteiger partial charge in [-0.1, -0.05) is 0 Å². The summed E-state index contributed by atoms with van der Waals surface area (Å²) in [5.41, 5.74) is 1.11. The van der Waals surface area contributed by atoms with Crippen LogP contribution in [-0.2, 0) is 16.0 Å². The fourth-order valence-electron chi connectivity index (χ4n) is 3.77. The third kappa shape index (κ3) is 4.82. The van der Waals surface area contributed by atoms with Crippen molar-refractivity contribution in [1.29, 1.82) is 0 Å². The molecular formula is C19H30N4O2S. The van der Waals surface area contributed by atoms with Crippen LogP contribution >= 0.6 is 11.3 Å². The van der Waals surface area contributed by atoms with Crippen molar-refractivity contribution in [2.45, 2.75) is 46.0 Å². The van der Waals surface area contributed by atoms with Crippen LogP contribution in [0, 0.1) is 25.7 Å². The number of hydrogen-bond donors (Lipinski definition) is 2. The normalized spacial score (nSPS) is 23.2. The number of aryl methyl sites for hydroxylation is 3. The minimum atomic E-state index is -0.107. The Hall–Kier alpha value is -1.47. The molecule has 26 heavy (non-hydrogen) atoms. The van der Waals surface area contributed by atoms with Gasteiger partial charge in [0.2, 0.25) is 11.8 Å². The van der Waals surface area contributed by atoms with E-state index in [4.69, 9.17) is 0 Å². The predicted molar refractivity (Wildman–Crippen MR) is 103 cm³/mol. The molecule has 0 aliphatic carbocycles. The zero-order chi connectivity index (χ0) is 18.5. The molecule has 2 unspecified atom stereocenters. The molecule has 3 rings (SSSR count). The van der Waals surface area contributed by atoms with E-state index >= 15 is 0 Å². The Morgan fingerprint density at radius 1 is 1.23 bits per heavy atom. The second-order valence-corrected chi connectivity index (χ2v) is 8.75. The molecule has 2 amide bonds. The fraction of sp³-hybridized carbons (Fsp3) is 0.737. The maximum atomic E-state index is 12.6. The number of piperidine rings is 1. The molecule has 2 aliphatic rings. The summed E-state index contributed by atoms with van der Waals surface area (Å²) < 4.78 is 0. The van der Waals surface area contributed by atoms with Gasteiger partial charge in [-0.15, -0.1) is 11.3 Å². The molecule has 2 saturated heterocycles. The van der Waals surface area contributed by atoms with Crippen molar-refractivity contribution in [3.05, 3.63) is 15.6 Å². The van der Waals surface area contributed by atoms with E-state index < -0.39 is 0 Å². The first-order chi connectivity index (χ1) is 12.5. The van der Waals surface area contributed by atoms with Gasteiger partial charge in [0, 0.05) is 44.0 Å². The van der Waals surface area contributed by atoms with E-state index in [9.17, 15) is 9.59 Å². The van der Waals surface area contributed by atoms with Crippen molar-refractivity contribution in [3.8, 4) is 0 Å². The molecule has 144 valence electrons. The van der Waals surface area contributed by atoms with E-state index in [0.717, 1.165) is 49.5 Å². The summed E-state index contributed by atoms with van der Waals surface area (Å²) in [6, 6.07) is 0. The number of amides is 2. The Balaban J connectivity index is 1.40. The van der Waals surface area contributed by atoms with Gasteiger partial charge < -0.3 is 15.5 Å². The monoisotopic (exact) mass is 378 g/mol. The Kier molecular flexibility index (Phi) is 6.64. The lowest BCUT2D eigenvalue weighted by Crippen LogP contribution is -2.49. The molecule has 0 saturated carbocycles. The lowest BCUT2D eigenvalue weighted by molar-refractivity contribution is -0.136. The van der Waals surface area contributed by atoms with Crippen LogP contribution < -0.4 is 10.6 Å². The van der Waals surface area contributed by atoms with Gasteiger partial charge in [0.1, 0.15) is 0 Å². The summed E-state index contributed by atoms with van der Waals surface area (Å²) in [5, 5.41) is 7.47. The molecule has 2 aliphatic heterocycles. The minimum Gasteiger partial charge on any atom is -0.356 e. The quantitative estimate of drug-likeness (QED) is 0.739. The van der Waals surface area contributed by atoms with Crippen LogP contribution in [0.2, 0.25) is 0 Å². The van der Waals surface area contributed by atoms with Crippen molar-refractivity contribution in [2.75, 3.05) is 32.7 Å². The van der Waals surface area contributed by atoms with E-state index in [2.05, 4.69) is 22.5 Å². The van der Waals surface area contributed by atoms with Crippen molar-refractivity contribution in [3.63, 3.8) is 0 Å². The van der Waals surface area contributed by atoms with Crippen LogP contribution in [0.5, 0.6) is 0 Å². The minimum absolute atomic E-state index is 0.0566. The largest absolute Gasteiger partial charge is 0.356 e. The average molecular weight is 379 g/mol. The van der Waals surface area contributed by atoms with Gasteiger partial charge >= 0.3 is 0 Å². The van der Waals surface area contributed by atoms with Crippen LogP contribution in [0.4, 0.5) is 0 Å². The second kappa shape index (κ2) is 8.95. The van der Waals surface area contributed by atoms with Gasteiger partial charge in [0.25, 0.3) is 0 Å². The molecule has 0 spiro atoms. The standard InChI is InChI=1S/C19H30N4O2S/c1-13-14(2)26-17(22-13)6-5-7-21-18(24)15-10-16(12-20-11-15)19(25)23-8-3-4-9-23/h15-16,20H,3-12H2,1-2H3,(H,21,24). The van der Waals surface area contributed by atoms with E-state index in [1.54, 1.807) is 11.3 Å².